The number of carbonyl (C=O) groups is 1. The second-order valence-corrected chi connectivity index (χ2v) is 14.3. The molecule has 248 valence electrons. The molecule has 2 aromatic heterocycles. The summed E-state index contributed by atoms with van der Waals surface area (Å²) in [6.45, 7) is 4.45. The normalized spacial score (nSPS) is 18.7. The highest BCUT2D eigenvalue weighted by Crippen LogP contribution is 2.46. The molecule has 6 rings (SSSR count). The Balaban J connectivity index is 1.23. The first kappa shape index (κ1) is 33.1. The van der Waals surface area contributed by atoms with E-state index >= 15 is 0 Å². The van der Waals surface area contributed by atoms with Gasteiger partial charge >= 0.3 is 5.97 Å². The molecule has 1 aromatic carbocycles. The minimum absolute atomic E-state index is 0.0259. The molecule has 3 aliphatic rings. The molecule has 13 heteroatoms. The van der Waals surface area contributed by atoms with Crippen molar-refractivity contribution >= 4 is 46.1 Å². The number of fused-ring (bicyclic) bond motifs is 2. The Morgan fingerprint density at radius 2 is 2.04 bits per heavy atom. The van der Waals surface area contributed by atoms with Crippen LogP contribution in [0.25, 0.3) is 11.3 Å². The third kappa shape index (κ3) is 6.27. The zero-order valence-corrected chi connectivity index (χ0v) is 28.1. The summed E-state index contributed by atoms with van der Waals surface area (Å²) < 4.78 is 34.6. The van der Waals surface area contributed by atoms with E-state index in [0.29, 0.717) is 68.0 Å². The average molecular weight is 685 g/mol. The molecule has 0 unspecified atom stereocenters. The van der Waals surface area contributed by atoms with Crippen molar-refractivity contribution in [3.8, 4) is 5.75 Å². The summed E-state index contributed by atoms with van der Waals surface area (Å²) in [6.07, 6.45) is 3.57. The molecule has 1 aliphatic heterocycles. The third-order valence-corrected chi connectivity index (χ3v) is 10.8. The van der Waals surface area contributed by atoms with Gasteiger partial charge < -0.3 is 19.6 Å². The number of aromatic carboxylic acids is 1. The Kier molecular flexibility index (Phi) is 8.90. The number of rotatable bonds is 9. The van der Waals surface area contributed by atoms with Crippen molar-refractivity contribution < 1.29 is 28.2 Å². The highest BCUT2D eigenvalue weighted by Gasteiger charge is 2.45. The maximum Gasteiger partial charge on any atom is 0.337 e. The lowest BCUT2D eigenvalue weighted by atomic mass is 9.80. The van der Waals surface area contributed by atoms with E-state index in [-0.39, 0.29) is 54.8 Å². The average Bonchev–Trinajstić information content (AvgIpc) is 3.34. The Hall–Kier alpha value is -3.83. The second kappa shape index (κ2) is 12.6. The molecule has 1 saturated carbocycles. The molecule has 2 aliphatic carbocycles. The first-order valence-corrected chi connectivity index (χ1v) is 16.6. The number of nitrogens with zero attached hydrogens (tertiary/aromatic N) is 4. The van der Waals surface area contributed by atoms with Gasteiger partial charge in [-0.15, -0.1) is 11.3 Å². The number of aryl methyl sites for hydroxylation is 3. The predicted octanol–water partition coefficient (Wildman–Crippen LogP) is 5.69. The summed E-state index contributed by atoms with van der Waals surface area (Å²) in [5, 5.41) is 10.4. The van der Waals surface area contributed by atoms with Crippen LogP contribution in [0.4, 0.5) is 8.78 Å². The number of likely N-dealkylation sites (N-methyl/N-ethyl adjacent to an activating group) is 1. The molecule has 1 atom stereocenters. The van der Waals surface area contributed by atoms with E-state index in [0.717, 1.165) is 12.1 Å². The predicted molar refractivity (Wildman–Crippen MR) is 176 cm³/mol. The van der Waals surface area contributed by atoms with Crippen molar-refractivity contribution in [3.63, 3.8) is 0 Å². The van der Waals surface area contributed by atoms with Crippen molar-refractivity contribution in [2.75, 3.05) is 27.2 Å². The van der Waals surface area contributed by atoms with Gasteiger partial charge in [-0.1, -0.05) is 11.6 Å². The van der Waals surface area contributed by atoms with Gasteiger partial charge in [0.2, 0.25) is 5.92 Å². The van der Waals surface area contributed by atoms with Gasteiger partial charge in [-0.25, -0.2) is 23.4 Å². The van der Waals surface area contributed by atoms with Crippen molar-refractivity contribution in [2.45, 2.75) is 64.5 Å². The van der Waals surface area contributed by atoms with E-state index in [1.165, 1.54) is 11.3 Å². The number of carboxylic acids is 1. The monoisotopic (exact) mass is 684 g/mol. The fourth-order valence-electron chi connectivity index (χ4n) is 7.03. The van der Waals surface area contributed by atoms with E-state index in [2.05, 4.69) is 4.90 Å². The number of halogens is 3. The van der Waals surface area contributed by atoms with Crippen LogP contribution in [0, 0.1) is 19.8 Å². The van der Waals surface area contributed by atoms with Gasteiger partial charge in [-0.2, -0.15) is 0 Å². The maximum atomic E-state index is 13.7. The van der Waals surface area contributed by atoms with Crippen LogP contribution in [0.3, 0.4) is 0 Å². The zero-order valence-electron chi connectivity index (χ0n) is 26.5. The van der Waals surface area contributed by atoms with Crippen LogP contribution in [0.15, 0.2) is 29.2 Å². The van der Waals surface area contributed by atoms with Gasteiger partial charge in [0.15, 0.2) is 5.94 Å². The maximum absolute atomic E-state index is 13.7. The summed E-state index contributed by atoms with van der Waals surface area (Å²) in [5.41, 5.74) is 3.07. The van der Waals surface area contributed by atoms with Crippen LogP contribution in [0.2, 0.25) is 5.02 Å². The molecule has 0 amide bonds. The van der Waals surface area contributed by atoms with E-state index in [1.54, 1.807) is 54.8 Å². The summed E-state index contributed by atoms with van der Waals surface area (Å²) in [7, 11) is 3.60. The number of alkyl halides is 2. The summed E-state index contributed by atoms with van der Waals surface area (Å²) in [5.74, 6) is -0.759. The first-order valence-electron chi connectivity index (χ1n) is 15.4. The van der Waals surface area contributed by atoms with Gasteiger partial charge in [0.25, 0.3) is 5.56 Å². The van der Waals surface area contributed by atoms with Crippen molar-refractivity contribution in [3.05, 3.63) is 83.3 Å². The Morgan fingerprint density at radius 1 is 1.30 bits per heavy atom. The summed E-state index contributed by atoms with van der Waals surface area (Å²) in [4.78, 5) is 47.4. The molecule has 0 saturated heterocycles. The molecule has 1 fully saturated rings. The molecule has 9 nitrogen and oxygen atoms in total. The molecule has 3 aromatic rings. The number of hydrogen-bond acceptors (Lipinski definition) is 8. The zero-order chi connectivity index (χ0) is 33.8. The lowest BCUT2D eigenvalue weighted by Gasteiger charge is -2.40. The summed E-state index contributed by atoms with van der Waals surface area (Å²) >= 11 is 7.69. The Morgan fingerprint density at radius 3 is 2.72 bits per heavy atom. The second-order valence-electron chi connectivity index (χ2n) is 12.6. The standard InChI is InChI=1S/C34H35ClF2N4O5S/c1-18-29(33(44)45)30-27(17-42)40(4)16-25(31(30)47-18)23-11-21(35)5-8-28(23)46-10-9-41-19(2)38-26-7-6-22(12-24(26)32(41)43)39(3)15-20-13-34(36,37)14-20/h5,8,11,16,20,22H,6-7,9-10,12-15H2,1-4H3,(H,44,45)/t22-/m0/s1. The highest BCUT2D eigenvalue weighted by atomic mass is 35.5. The van der Waals surface area contributed by atoms with Crippen LogP contribution in [0.5, 0.6) is 5.75 Å². The molecule has 3 heterocycles. The van der Waals surface area contributed by atoms with Gasteiger partial charge in [-0.05, 0) is 64.3 Å². The SMILES string of the molecule is Cc1sc2c(c1C(=O)O)C(=C=O)N(C)C=C2c1cc(Cl)ccc1OCCn1c(C)nc2c(c1=O)C[C@@H](N(C)CC1CC(F)(F)C1)CC2. The van der Waals surface area contributed by atoms with Crippen molar-refractivity contribution in [1.82, 2.24) is 19.4 Å². The minimum Gasteiger partial charge on any atom is -0.491 e. The molecule has 1 N–H and O–H groups in total. The largest absolute Gasteiger partial charge is 0.491 e. The number of aromatic nitrogens is 2. The lowest BCUT2D eigenvalue weighted by molar-refractivity contribution is -0.117. The fourth-order valence-corrected chi connectivity index (χ4v) is 8.37. The molecular formula is C34H35ClF2N4O5S. The van der Waals surface area contributed by atoms with Crippen LogP contribution >= 0.6 is 22.9 Å². The topological polar surface area (TPSA) is 105 Å². The van der Waals surface area contributed by atoms with E-state index < -0.39 is 11.9 Å². The minimum atomic E-state index is -2.55. The van der Waals surface area contributed by atoms with Gasteiger partial charge in [0, 0.05) is 75.7 Å². The molecule has 0 spiro atoms. The van der Waals surface area contributed by atoms with Crippen LogP contribution in [-0.2, 0) is 24.2 Å². The van der Waals surface area contributed by atoms with Crippen LogP contribution in [-0.4, -0.2) is 75.6 Å². The van der Waals surface area contributed by atoms with Crippen LogP contribution in [0.1, 0.15) is 67.6 Å². The molecule has 0 bridgehead atoms. The molecule has 0 radical (unpaired) electrons. The number of carbonyl (C=O) groups excluding carboxylic acids is 1. The van der Waals surface area contributed by atoms with Crippen molar-refractivity contribution in [2.24, 2.45) is 5.92 Å². The van der Waals surface area contributed by atoms with Gasteiger partial charge in [0.1, 0.15) is 23.9 Å². The van der Waals surface area contributed by atoms with E-state index in [4.69, 9.17) is 21.3 Å². The smallest absolute Gasteiger partial charge is 0.337 e. The number of hydrogen-bond donors (Lipinski definition) is 1. The number of benzene rings is 1. The Labute approximate surface area is 279 Å². The molecule has 47 heavy (non-hydrogen) atoms. The van der Waals surface area contributed by atoms with E-state index in [9.17, 15) is 28.3 Å². The number of thiophene rings is 1. The Bertz CT molecular complexity index is 1910. The number of ether oxygens (including phenoxy) is 1. The molecular weight excluding hydrogens is 650 g/mol. The third-order valence-electron chi connectivity index (χ3n) is 9.39. The summed E-state index contributed by atoms with van der Waals surface area (Å²) in [6, 6.07) is 5.22. The first-order chi connectivity index (χ1) is 22.3. The fraction of sp³-hybridized carbons (Fsp3) is 0.441. The van der Waals surface area contributed by atoms with E-state index in [1.807, 2.05) is 13.0 Å². The van der Waals surface area contributed by atoms with Crippen molar-refractivity contribution in [1.29, 1.82) is 0 Å². The lowest BCUT2D eigenvalue weighted by Crippen LogP contribution is -2.47. The van der Waals surface area contributed by atoms with Crippen LogP contribution < -0.4 is 10.3 Å². The van der Waals surface area contributed by atoms with Gasteiger partial charge in [0.05, 0.1) is 17.8 Å². The van der Waals surface area contributed by atoms with Gasteiger partial charge in [-0.3, -0.25) is 9.36 Å². The quantitative estimate of drug-likeness (QED) is 0.287. The highest BCUT2D eigenvalue weighted by molar-refractivity contribution is 7.14. The number of carboxylic acid groups (broad SMARTS) is 1.